The first-order valence-corrected chi connectivity index (χ1v) is 17.3. The fourth-order valence-corrected chi connectivity index (χ4v) is 5.49. The van der Waals surface area contributed by atoms with Crippen LogP contribution in [0.2, 0.25) is 0 Å². The van der Waals surface area contributed by atoms with E-state index in [2.05, 4.69) is 67.8 Å². The molecule has 4 rings (SSSR count). The number of rotatable bonds is 18. The second-order valence-electron chi connectivity index (χ2n) is 9.83. The molecule has 2 aromatic heterocycles. The quantitative estimate of drug-likeness (QED) is 0.0149. The number of aliphatic hydroxyl groups excluding tert-OH is 3. The summed E-state index contributed by atoms with van der Waals surface area (Å²) >= 11 is 0. The Hall–Kier alpha value is -3.74. The molecule has 0 aliphatic heterocycles. The van der Waals surface area contributed by atoms with Crippen LogP contribution >= 0.6 is 0 Å². The van der Waals surface area contributed by atoms with Crippen molar-refractivity contribution in [3.05, 3.63) is 47.5 Å². The van der Waals surface area contributed by atoms with Crippen LogP contribution in [0.3, 0.4) is 0 Å². The van der Waals surface area contributed by atoms with Crippen molar-refractivity contribution < 1.29 is 100 Å². The number of aliphatic hydroxyl groups is 3. The molecule has 9 N–H and O–H groups in total. The third kappa shape index (κ3) is 13.9. The van der Waals surface area contributed by atoms with Gasteiger partial charge in [-0.05, 0) is 35.4 Å². The van der Waals surface area contributed by atoms with E-state index >= 15 is 0 Å². The number of hydrogen-bond donors (Lipinski definition) is 9. The fraction of sp³-hybridized carbons (Fsp3) is 0.214. The van der Waals surface area contributed by atoms with Gasteiger partial charge in [0.2, 0.25) is 35.7 Å². The van der Waals surface area contributed by atoms with E-state index < -0.39 is 30.0 Å². The molecule has 0 amide bonds. The summed E-state index contributed by atoms with van der Waals surface area (Å²) in [6.45, 7) is -0.377. The number of nitrogens with zero attached hydrogens (tertiary/aromatic N) is 6. The summed E-state index contributed by atoms with van der Waals surface area (Å²) in [5.41, 5.74) is -0.145. The zero-order valence-corrected chi connectivity index (χ0v) is 33.9. The molecule has 270 valence electrons. The van der Waals surface area contributed by atoms with Gasteiger partial charge in [-0.3, -0.25) is 5.32 Å². The molecule has 2 aromatic carbocycles. The average molecular weight is 789 g/mol. The van der Waals surface area contributed by atoms with E-state index in [1.807, 2.05) is 0 Å². The van der Waals surface area contributed by atoms with Gasteiger partial charge in [0.1, 0.15) is 20.2 Å². The zero-order chi connectivity index (χ0) is 37.0. The van der Waals surface area contributed by atoms with Crippen LogP contribution in [0.4, 0.5) is 47.1 Å². The predicted octanol–water partition coefficient (Wildman–Crippen LogP) is -6.25. The fourth-order valence-electron chi connectivity index (χ4n) is 4.09. The summed E-state index contributed by atoms with van der Waals surface area (Å²) in [6.07, 6.45) is 7.54. The molecule has 0 saturated heterocycles. The molecule has 0 saturated carbocycles. The minimum atomic E-state index is -5.11. The van der Waals surface area contributed by atoms with Crippen LogP contribution in [0.1, 0.15) is 11.1 Å². The van der Waals surface area contributed by atoms with Crippen LogP contribution < -0.4 is 91.0 Å². The number of aromatic nitrogens is 6. The van der Waals surface area contributed by atoms with E-state index in [9.17, 15) is 25.9 Å². The number of hydrogen-bond acceptors (Lipinski definition) is 21. The van der Waals surface area contributed by atoms with Crippen molar-refractivity contribution in [3.8, 4) is 12.5 Å². The predicted molar refractivity (Wildman–Crippen MR) is 183 cm³/mol. The third-order valence-corrected chi connectivity index (χ3v) is 7.94. The maximum absolute atomic E-state index is 12.3. The monoisotopic (exact) mass is 788 g/mol. The van der Waals surface area contributed by atoms with E-state index in [0.29, 0.717) is 0 Å². The summed E-state index contributed by atoms with van der Waals surface area (Å²) in [6, 6.07) is 9.43. The molecule has 0 aliphatic carbocycles. The molecule has 0 radical (unpaired) electrons. The first-order valence-electron chi connectivity index (χ1n) is 14.5. The Bertz CT molecular complexity index is 2130. The molecule has 0 spiro atoms. The first-order chi connectivity index (χ1) is 24.3. The maximum Gasteiger partial charge on any atom is 1.00 e. The van der Waals surface area contributed by atoms with Gasteiger partial charge in [-0.15, -0.1) is 0 Å². The van der Waals surface area contributed by atoms with Gasteiger partial charge in [0.25, 0.3) is 0 Å². The molecule has 0 unspecified atom stereocenters. The molecule has 4 aromatic rings. The van der Waals surface area contributed by atoms with Gasteiger partial charge in [0.15, 0.2) is 0 Å². The Morgan fingerprint density at radius 3 is 1.28 bits per heavy atom. The standard InChI is InChI=1S/C28H32N12O9S2.2Na/c1-2-29-23-35-24(30-9-12-41)38-27(37-23)33-19-7-5-17(21(15-19)50(44,45)46)3-4-18-6-8-20(16-22(18)51(47,48)49)34-28-39-25(31-10-13-42)36-26(40-28)32-11-14-43;;/h1,3-8,15-16,41-43H,9-14H2,(H,44,45,46)(H,47,48,49)(H3,29,30,33,35,37,38)(H3,31,32,34,36,39,40);;/q;2*+1/p-2. The maximum atomic E-state index is 12.3. The van der Waals surface area contributed by atoms with Gasteiger partial charge in [-0.1, -0.05) is 30.7 Å². The normalized spacial score (nSPS) is 11.1. The largest absolute Gasteiger partial charge is 1.00 e. The summed E-state index contributed by atoms with van der Waals surface area (Å²) in [5, 5.41) is 43.5. The van der Waals surface area contributed by atoms with Crippen LogP contribution in [0.5, 0.6) is 0 Å². The molecule has 0 bridgehead atoms. The van der Waals surface area contributed by atoms with Crippen LogP contribution in [-0.2, 0) is 20.2 Å². The summed E-state index contributed by atoms with van der Waals surface area (Å²) in [4.78, 5) is 23.1. The zero-order valence-electron chi connectivity index (χ0n) is 28.2. The number of anilines is 8. The van der Waals surface area contributed by atoms with Gasteiger partial charge in [-0.25, -0.2) is 16.8 Å². The second-order valence-corrected chi connectivity index (χ2v) is 12.5. The Kier molecular flexibility index (Phi) is 18.2. The second kappa shape index (κ2) is 21.2. The van der Waals surface area contributed by atoms with Crippen molar-refractivity contribution in [1.82, 2.24) is 29.9 Å². The van der Waals surface area contributed by atoms with E-state index in [0.717, 1.165) is 24.3 Å². The van der Waals surface area contributed by atoms with Crippen LogP contribution in [-0.4, -0.2) is 111 Å². The molecule has 0 fully saturated rings. The van der Waals surface area contributed by atoms with Crippen molar-refractivity contribution in [2.75, 3.05) is 71.4 Å². The molecule has 53 heavy (non-hydrogen) atoms. The molecule has 2 heterocycles. The van der Waals surface area contributed by atoms with Crippen LogP contribution in [0.25, 0.3) is 12.2 Å². The smallest absolute Gasteiger partial charge is 0.744 e. The first kappa shape index (κ1) is 45.4. The number of terminal acetylenes is 1. The summed E-state index contributed by atoms with van der Waals surface area (Å²) in [5.74, 6) is -0.128. The van der Waals surface area contributed by atoms with E-state index in [-0.39, 0.29) is 157 Å². The van der Waals surface area contributed by atoms with E-state index in [4.69, 9.17) is 21.7 Å². The molecular weight excluding hydrogens is 758 g/mol. The van der Waals surface area contributed by atoms with Gasteiger partial charge in [-0.2, -0.15) is 29.9 Å². The van der Waals surface area contributed by atoms with Crippen molar-refractivity contribution in [2.24, 2.45) is 0 Å². The third-order valence-electron chi connectivity index (χ3n) is 6.16. The van der Waals surface area contributed by atoms with Crippen molar-refractivity contribution in [3.63, 3.8) is 0 Å². The minimum absolute atomic E-state index is 0. The van der Waals surface area contributed by atoms with E-state index in [1.165, 1.54) is 24.3 Å². The number of benzene rings is 2. The minimum Gasteiger partial charge on any atom is -0.744 e. The SMILES string of the molecule is C#CNc1nc(NCCO)nc(Nc2ccc(C=Cc3ccc(Nc4nc(NCCO)nc(NCCO)n4)cc3S(=O)(=O)[O-])c(S(=O)(=O)[O-])c2)n1.[Na+].[Na+]. The van der Waals surface area contributed by atoms with Gasteiger partial charge < -0.3 is 51.0 Å². The molecular formula is C28H30N12Na2O9S2. The Labute approximate surface area is 348 Å². The Balaban J connectivity index is 0.00000486. The van der Waals surface area contributed by atoms with Gasteiger partial charge >= 0.3 is 59.1 Å². The summed E-state index contributed by atoms with van der Waals surface area (Å²) in [7, 11) is -10.2. The molecule has 0 atom stereocenters. The molecule has 21 nitrogen and oxygen atoms in total. The Morgan fingerprint density at radius 1 is 0.604 bits per heavy atom. The topological polar surface area (TPSA) is 325 Å². The number of nitrogens with one attached hydrogen (secondary N) is 6. The van der Waals surface area contributed by atoms with Crippen LogP contribution in [0.15, 0.2) is 46.2 Å². The van der Waals surface area contributed by atoms with Gasteiger partial charge in [0, 0.05) is 37.1 Å². The van der Waals surface area contributed by atoms with E-state index in [1.54, 1.807) is 0 Å². The van der Waals surface area contributed by atoms with Crippen molar-refractivity contribution >= 4 is 79.5 Å². The molecule has 0 aliphatic rings. The van der Waals surface area contributed by atoms with Gasteiger partial charge in [0.05, 0.1) is 29.6 Å². The van der Waals surface area contributed by atoms with Crippen LogP contribution in [0, 0.1) is 12.5 Å². The molecule has 25 heteroatoms. The van der Waals surface area contributed by atoms with Crippen molar-refractivity contribution in [1.29, 1.82) is 0 Å². The average Bonchev–Trinajstić information content (AvgIpc) is 3.08. The Morgan fingerprint density at radius 2 is 0.943 bits per heavy atom. The summed E-state index contributed by atoms with van der Waals surface area (Å²) < 4.78 is 73.6. The van der Waals surface area contributed by atoms with Crippen molar-refractivity contribution in [2.45, 2.75) is 9.79 Å².